The predicted octanol–water partition coefficient (Wildman–Crippen LogP) is 1.50. The van der Waals surface area contributed by atoms with Crippen LogP contribution in [0.2, 0.25) is 0 Å². The van der Waals surface area contributed by atoms with Gasteiger partial charge in [0.2, 0.25) is 5.91 Å². The number of carbonyl (C=O) groups excluding carboxylic acids is 1. The van der Waals surface area contributed by atoms with Crippen molar-refractivity contribution in [2.45, 2.75) is 18.4 Å². The van der Waals surface area contributed by atoms with Gasteiger partial charge in [-0.1, -0.05) is 24.3 Å². The monoisotopic (exact) mass is 403 g/mol. The molecular formula is C20H22FN3O3S. The highest BCUT2D eigenvalue weighted by Crippen LogP contribution is 2.30. The van der Waals surface area contributed by atoms with E-state index >= 15 is 0 Å². The van der Waals surface area contributed by atoms with E-state index in [2.05, 4.69) is 5.32 Å². The van der Waals surface area contributed by atoms with Gasteiger partial charge in [-0.15, -0.1) is 0 Å². The second-order valence-electron chi connectivity index (χ2n) is 7.54. The number of nitrogens with zero attached hydrogens (tertiary/aromatic N) is 1. The van der Waals surface area contributed by atoms with Crippen molar-refractivity contribution in [2.24, 2.45) is 5.73 Å². The molecule has 0 bridgehead atoms. The number of anilines is 2. The topological polar surface area (TPSA) is 92.5 Å². The van der Waals surface area contributed by atoms with Gasteiger partial charge in [0.05, 0.1) is 17.2 Å². The zero-order valence-electron chi connectivity index (χ0n) is 15.3. The lowest BCUT2D eigenvalue weighted by Gasteiger charge is -2.29. The van der Waals surface area contributed by atoms with Crippen LogP contribution in [-0.4, -0.2) is 44.5 Å². The van der Waals surface area contributed by atoms with Crippen molar-refractivity contribution in [2.75, 3.05) is 34.8 Å². The zero-order valence-corrected chi connectivity index (χ0v) is 16.1. The first-order valence-electron chi connectivity index (χ1n) is 9.18. The van der Waals surface area contributed by atoms with Crippen LogP contribution >= 0.6 is 0 Å². The van der Waals surface area contributed by atoms with Gasteiger partial charge in [0.15, 0.2) is 9.84 Å². The fourth-order valence-electron chi connectivity index (χ4n) is 3.85. The fraction of sp³-hybridized carbons (Fsp3) is 0.350. The Bertz CT molecular complexity index is 1000. The summed E-state index contributed by atoms with van der Waals surface area (Å²) in [6.07, 6.45) is 0.903. The van der Waals surface area contributed by atoms with Crippen LogP contribution in [0.1, 0.15) is 11.1 Å². The van der Waals surface area contributed by atoms with Crippen LogP contribution < -0.4 is 16.0 Å². The van der Waals surface area contributed by atoms with Crippen molar-refractivity contribution >= 4 is 27.1 Å². The van der Waals surface area contributed by atoms with Crippen molar-refractivity contribution in [3.05, 3.63) is 59.4 Å². The number of nitrogens with one attached hydrogen (secondary N) is 1. The first-order chi connectivity index (χ1) is 13.3. The van der Waals surface area contributed by atoms with E-state index in [1.54, 1.807) is 4.90 Å². The molecule has 148 valence electrons. The van der Waals surface area contributed by atoms with Gasteiger partial charge in [-0.25, -0.2) is 12.8 Å². The quantitative estimate of drug-likeness (QED) is 0.810. The SMILES string of the molecule is NC1(C(=O)Nc2ccc(F)c(N3CCS(=O)(=O)CC3)c2)Cc2ccccc2C1. The van der Waals surface area contributed by atoms with Crippen molar-refractivity contribution < 1.29 is 17.6 Å². The molecule has 0 radical (unpaired) electrons. The number of hydrogen-bond donors (Lipinski definition) is 2. The highest BCUT2D eigenvalue weighted by molar-refractivity contribution is 7.91. The summed E-state index contributed by atoms with van der Waals surface area (Å²) in [4.78, 5) is 14.5. The number of rotatable bonds is 3. The smallest absolute Gasteiger partial charge is 0.245 e. The standard InChI is InChI=1S/C20H22FN3O3S/c21-17-6-5-16(11-18(17)24-7-9-28(26,27)10-8-24)23-19(25)20(22)12-14-3-1-2-4-15(14)13-20/h1-6,11H,7-10,12-13,22H2,(H,23,25). The second kappa shape index (κ2) is 6.86. The molecule has 1 heterocycles. The number of halogens is 1. The van der Waals surface area contributed by atoms with Crippen LogP contribution in [0.5, 0.6) is 0 Å². The van der Waals surface area contributed by atoms with E-state index in [1.807, 2.05) is 24.3 Å². The molecule has 1 aliphatic heterocycles. The molecule has 2 aliphatic rings. The molecular weight excluding hydrogens is 381 g/mol. The van der Waals surface area contributed by atoms with E-state index in [-0.39, 0.29) is 36.2 Å². The Hall–Kier alpha value is -2.45. The van der Waals surface area contributed by atoms with Crippen molar-refractivity contribution in [1.82, 2.24) is 0 Å². The van der Waals surface area contributed by atoms with Crippen LogP contribution in [0.3, 0.4) is 0 Å². The molecule has 2 aromatic rings. The number of fused-ring (bicyclic) bond motifs is 1. The summed E-state index contributed by atoms with van der Waals surface area (Å²) < 4.78 is 37.5. The summed E-state index contributed by atoms with van der Waals surface area (Å²) in [6.45, 7) is 0.458. The maximum absolute atomic E-state index is 14.3. The van der Waals surface area contributed by atoms with E-state index in [0.717, 1.165) is 11.1 Å². The number of sulfone groups is 1. The molecule has 0 atom stereocenters. The molecule has 4 rings (SSSR count). The largest absolute Gasteiger partial charge is 0.367 e. The minimum absolute atomic E-state index is 0.00675. The molecule has 0 unspecified atom stereocenters. The third-order valence-corrected chi connectivity index (χ3v) is 7.08. The Kier molecular flexibility index (Phi) is 4.63. The van der Waals surface area contributed by atoms with Crippen molar-refractivity contribution in [3.8, 4) is 0 Å². The van der Waals surface area contributed by atoms with Gasteiger partial charge < -0.3 is 16.0 Å². The first kappa shape index (κ1) is 18.9. The summed E-state index contributed by atoms with van der Waals surface area (Å²) in [6, 6.07) is 12.1. The third-order valence-electron chi connectivity index (χ3n) is 5.47. The molecule has 28 heavy (non-hydrogen) atoms. The normalized spacial score (nSPS) is 19.9. The lowest BCUT2D eigenvalue weighted by atomic mass is 9.96. The van der Waals surface area contributed by atoms with Crippen molar-refractivity contribution in [3.63, 3.8) is 0 Å². The van der Waals surface area contributed by atoms with Gasteiger partial charge in [-0.05, 0) is 42.2 Å². The molecule has 3 N–H and O–H groups in total. The van der Waals surface area contributed by atoms with Crippen LogP contribution in [-0.2, 0) is 27.5 Å². The Balaban J connectivity index is 1.51. The van der Waals surface area contributed by atoms with Gasteiger partial charge in [0, 0.05) is 18.8 Å². The van der Waals surface area contributed by atoms with Crippen LogP contribution in [0.15, 0.2) is 42.5 Å². The predicted molar refractivity (Wildman–Crippen MR) is 107 cm³/mol. The average Bonchev–Trinajstić information content (AvgIpc) is 3.01. The van der Waals surface area contributed by atoms with Gasteiger partial charge in [0.1, 0.15) is 11.4 Å². The van der Waals surface area contributed by atoms with Gasteiger partial charge in [0.25, 0.3) is 0 Å². The number of carbonyl (C=O) groups is 1. The summed E-state index contributed by atoms with van der Waals surface area (Å²) in [5.41, 5.74) is 8.19. The van der Waals surface area contributed by atoms with Crippen LogP contribution in [0, 0.1) is 5.82 Å². The van der Waals surface area contributed by atoms with Crippen LogP contribution in [0.4, 0.5) is 15.8 Å². The molecule has 0 spiro atoms. The summed E-state index contributed by atoms with van der Waals surface area (Å²) >= 11 is 0. The maximum Gasteiger partial charge on any atom is 0.245 e. The molecule has 2 aromatic carbocycles. The maximum atomic E-state index is 14.3. The molecule has 1 aliphatic carbocycles. The summed E-state index contributed by atoms with van der Waals surface area (Å²) in [7, 11) is -3.06. The highest BCUT2D eigenvalue weighted by atomic mass is 32.2. The number of hydrogen-bond acceptors (Lipinski definition) is 5. The first-order valence-corrected chi connectivity index (χ1v) is 11.0. The number of benzene rings is 2. The van der Waals surface area contributed by atoms with E-state index < -0.39 is 21.2 Å². The number of nitrogens with two attached hydrogens (primary N) is 1. The lowest BCUT2D eigenvalue weighted by molar-refractivity contribution is -0.120. The molecule has 1 saturated heterocycles. The molecule has 6 nitrogen and oxygen atoms in total. The van der Waals surface area contributed by atoms with E-state index in [4.69, 9.17) is 5.73 Å². The van der Waals surface area contributed by atoms with Gasteiger partial charge in [-0.2, -0.15) is 0 Å². The van der Waals surface area contributed by atoms with Crippen molar-refractivity contribution in [1.29, 1.82) is 0 Å². The van der Waals surface area contributed by atoms with E-state index in [0.29, 0.717) is 18.5 Å². The van der Waals surface area contributed by atoms with E-state index in [9.17, 15) is 17.6 Å². The zero-order chi connectivity index (χ0) is 19.9. The minimum Gasteiger partial charge on any atom is -0.367 e. The third kappa shape index (κ3) is 3.62. The molecule has 8 heteroatoms. The summed E-state index contributed by atoms with van der Waals surface area (Å²) in [5.74, 6) is -0.782. The fourth-order valence-corrected chi connectivity index (χ4v) is 5.05. The molecule has 0 aromatic heterocycles. The second-order valence-corrected chi connectivity index (χ2v) is 9.84. The van der Waals surface area contributed by atoms with Gasteiger partial charge in [-0.3, -0.25) is 4.79 Å². The average molecular weight is 403 g/mol. The summed E-state index contributed by atoms with van der Waals surface area (Å²) in [5, 5.41) is 2.81. The minimum atomic E-state index is -3.06. The Morgan fingerprint density at radius 3 is 2.29 bits per heavy atom. The molecule has 1 amide bonds. The van der Waals surface area contributed by atoms with Gasteiger partial charge >= 0.3 is 0 Å². The Morgan fingerprint density at radius 1 is 1.07 bits per heavy atom. The highest BCUT2D eigenvalue weighted by Gasteiger charge is 2.40. The van der Waals surface area contributed by atoms with E-state index in [1.165, 1.54) is 18.2 Å². The Labute approximate surface area is 163 Å². The molecule has 1 fully saturated rings. The number of amides is 1. The van der Waals surface area contributed by atoms with Crippen LogP contribution in [0.25, 0.3) is 0 Å². The lowest BCUT2D eigenvalue weighted by Crippen LogP contribution is -2.52. The molecule has 0 saturated carbocycles. The Morgan fingerprint density at radius 2 is 1.68 bits per heavy atom.